The molecule has 21 nitrogen and oxygen atoms in total. The van der Waals surface area contributed by atoms with E-state index in [1.165, 1.54) is 17.9 Å². The first-order chi connectivity index (χ1) is 38.9. The minimum Gasteiger partial charge on any atom is -0.480 e. The molecule has 0 saturated carbocycles. The van der Waals surface area contributed by atoms with Gasteiger partial charge in [-0.1, -0.05) is 39.8 Å². The third kappa shape index (κ3) is 15.4. The summed E-state index contributed by atoms with van der Waals surface area (Å²) in [5.41, 5.74) is 5.20. The van der Waals surface area contributed by atoms with Crippen LogP contribution in [0.4, 0.5) is 24.3 Å². The molecule has 5 heterocycles. The normalized spacial score (nSPS) is 12.3. The van der Waals surface area contributed by atoms with Gasteiger partial charge < -0.3 is 44.9 Å². The highest BCUT2D eigenvalue weighted by Crippen LogP contribution is 2.34. The molecule has 420 valence electrons. The number of rotatable bonds is 25. The number of nitrogens with one attached hydrogen (secondary N) is 4. The number of hydrogen-bond acceptors (Lipinski definition) is 18. The summed E-state index contributed by atoms with van der Waals surface area (Å²) >= 11 is 1.12. The van der Waals surface area contributed by atoms with Gasteiger partial charge in [0.15, 0.2) is 11.0 Å². The number of amides is 2. The molecule has 0 aliphatic heterocycles. The zero-order valence-electron chi connectivity index (χ0n) is 43.1. The van der Waals surface area contributed by atoms with Crippen LogP contribution in [0.5, 0.6) is 5.88 Å². The first-order valence-electron chi connectivity index (χ1n) is 24.4. The van der Waals surface area contributed by atoms with E-state index in [0.29, 0.717) is 56.8 Å². The third-order valence-electron chi connectivity index (χ3n) is 12.0. The summed E-state index contributed by atoms with van der Waals surface area (Å²) < 4.78 is 59.1. The van der Waals surface area contributed by atoms with Crippen molar-refractivity contribution >= 4 is 106 Å². The van der Waals surface area contributed by atoms with Crippen molar-refractivity contribution in [3.8, 4) is 28.3 Å². The largest absolute Gasteiger partial charge is 0.508 e. The number of methoxy groups -OCH3 is 1. The fraction of sp³-hybridized carbons (Fsp3) is 0.222. The predicted molar refractivity (Wildman–Crippen MR) is 303 cm³/mol. The lowest BCUT2D eigenvalue weighted by atomic mass is 9.99. The average molecular weight is 1180 g/mol. The highest BCUT2D eigenvalue weighted by Gasteiger charge is 2.26. The number of anilines is 2. The van der Waals surface area contributed by atoms with Crippen LogP contribution < -0.4 is 30.6 Å². The number of nitrogens with zero attached hydrogens (tertiary/aromatic N) is 5. The molecule has 0 spiro atoms. The van der Waals surface area contributed by atoms with Crippen LogP contribution >= 0.6 is 32.9 Å². The van der Waals surface area contributed by atoms with Gasteiger partial charge in [0.1, 0.15) is 48.4 Å². The number of pyridine rings is 3. The molecular weight excluding hydrogens is 1130 g/mol. The number of aryl methyl sites for hydroxylation is 1. The monoisotopic (exact) mass is 1180 g/mol. The van der Waals surface area contributed by atoms with Crippen molar-refractivity contribution in [3.05, 3.63) is 153 Å². The molecule has 0 aliphatic rings. The van der Waals surface area contributed by atoms with Gasteiger partial charge in [-0.2, -0.15) is 0 Å². The number of H-pyrrole nitrogens is 1. The minimum atomic E-state index is -2.09. The number of thiophene rings is 1. The molecule has 0 radical (unpaired) electrons. The van der Waals surface area contributed by atoms with Crippen molar-refractivity contribution in [2.45, 2.75) is 49.9 Å². The number of carboxylic acids is 2. The van der Waals surface area contributed by atoms with Crippen molar-refractivity contribution < 1.29 is 61.4 Å². The Morgan fingerprint density at radius 1 is 0.840 bits per heavy atom. The van der Waals surface area contributed by atoms with E-state index in [4.69, 9.17) is 14.2 Å². The Kier molecular flexibility index (Phi) is 19.6. The van der Waals surface area contributed by atoms with Gasteiger partial charge in [0.05, 0.1) is 49.7 Å². The molecular formula is C54H49F2N9O12S4. The van der Waals surface area contributed by atoms with Crippen LogP contribution in [0.25, 0.3) is 44.2 Å². The number of carbonyl (C=O) groups excluding carboxylic acids is 3. The van der Waals surface area contributed by atoms with E-state index in [1.807, 2.05) is 35.2 Å². The number of aliphatic carboxylic acids is 2. The maximum atomic E-state index is 14.3. The Labute approximate surface area is 474 Å². The second-order valence-electron chi connectivity index (χ2n) is 17.7. The number of carboxylic acid groups (broad SMARTS) is 2. The van der Waals surface area contributed by atoms with Crippen LogP contribution in [0.15, 0.2) is 119 Å². The maximum Gasteiger partial charge on any atom is 0.508 e. The summed E-state index contributed by atoms with van der Waals surface area (Å²) in [4.78, 5) is 97.2. The van der Waals surface area contributed by atoms with Gasteiger partial charge in [-0.15, -0.1) is 11.3 Å². The van der Waals surface area contributed by atoms with Crippen LogP contribution in [-0.2, 0) is 48.0 Å². The molecule has 8 rings (SSSR count). The Morgan fingerprint density at radius 2 is 1.63 bits per heavy atom. The van der Waals surface area contributed by atoms with Crippen LogP contribution in [0.2, 0.25) is 0 Å². The van der Waals surface area contributed by atoms with Gasteiger partial charge in [-0.05, 0) is 97.3 Å². The van der Waals surface area contributed by atoms with Gasteiger partial charge in [0.2, 0.25) is 11.8 Å². The van der Waals surface area contributed by atoms with E-state index in [9.17, 15) is 52.0 Å². The molecule has 0 saturated heterocycles. The number of aromatic amines is 1. The van der Waals surface area contributed by atoms with Crippen molar-refractivity contribution in [1.82, 2.24) is 35.6 Å². The van der Waals surface area contributed by atoms with Gasteiger partial charge in [-0.3, -0.25) is 29.1 Å². The summed E-state index contributed by atoms with van der Waals surface area (Å²) in [5.74, 6) is -5.10. The standard InChI is InChI=1S/C54H49F2N9O12S4/c1-29-59-41-9-4-30(22-37(41)49(67)60-29)26-65(2)48-17-14-45(80-48)50(68)62-43(52(69)70)13-16-47(66)61-44(53(71)72)28-79-78-21-20-76-54(73)77-27-34-8-5-32(25-58-34)35-18-19-57-40-10-6-31(23-36(35)40)39-11-12-42(51(63-39)75-3)64-81(74)46-15-7-33(55)24-38(46)56/h4-12,14-15,17-19,22-25,43-44,64H,13,16,20-21,26-28H2,1-3H3,(H,61,66)(H,62,68)(H,69,70)(H,71,72)(H,59,60,67)/t43-,44?,81?/m0/s1. The van der Waals surface area contributed by atoms with Crippen molar-refractivity contribution in [3.63, 3.8) is 0 Å². The SMILES string of the molecule is COc1nc(-c2ccc3nccc(-c4ccc(COC(=O)OCCSSCC(NC(=O)CC[C@H](NC(=O)c5ccc(N(C)Cc6ccc7nc(C)[nH]c(=O)c7c6)s5)C(=O)O)C(=O)O)nc4)c3c2)ccc1NS(=O)c1ccc(F)cc1F. The Hall–Kier alpha value is -8.53. The highest BCUT2D eigenvalue weighted by molar-refractivity contribution is 8.76. The number of aromatic nitrogens is 5. The lowest BCUT2D eigenvalue weighted by Gasteiger charge is -2.17. The summed E-state index contributed by atoms with van der Waals surface area (Å²) in [6.45, 7) is 1.82. The van der Waals surface area contributed by atoms with Crippen LogP contribution in [0, 0.1) is 18.6 Å². The van der Waals surface area contributed by atoms with E-state index >= 15 is 0 Å². The fourth-order valence-corrected chi connectivity index (χ4v) is 11.7. The van der Waals surface area contributed by atoms with Gasteiger partial charge >= 0.3 is 18.1 Å². The molecule has 27 heteroatoms. The Balaban J connectivity index is 0.742. The molecule has 2 unspecified atom stereocenters. The fourth-order valence-electron chi connectivity index (χ4n) is 7.96. The summed E-state index contributed by atoms with van der Waals surface area (Å²) in [6, 6.07) is 22.7. The number of benzene rings is 3. The minimum absolute atomic E-state index is 0.0749. The molecule has 5 aromatic heterocycles. The first-order valence-corrected chi connectivity index (χ1v) is 28.8. The highest BCUT2D eigenvalue weighted by atomic mass is 33.1. The van der Waals surface area contributed by atoms with Gasteiger partial charge in [0.25, 0.3) is 11.5 Å². The number of hydrogen-bond donors (Lipinski definition) is 6. The average Bonchev–Trinajstić information content (AvgIpc) is 4.12. The van der Waals surface area contributed by atoms with Crippen LogP contribution in [0.3, 0.4) is 0 Å². The lowest BCUT2D eigenvalue weighted by Crippen LogP contribution is -2.44. The zero-order chi connectivity index (χ0) is 57.7. The molecule has 3 aromatic carbocycles. The van der Waals surface area contributed by atoms with Crippen LogP contribution in [-0.4, -0.2) is 114 Å². The molecule has 8 aromatic rings. The Morgan fingerprint density at radius 3 is 2.38 bits per heavy atom. The summed E-state index contributed by atoms with van der Waals surface area (Å²) in [5, 5.41) is 26.3. The molecule has 6 N–H and O–H groups in total. The molecule has 3 atom stereocenters. The lowest BCUT2D eigenvalue weighted by molar-refractivity contribution is -0.142. The number of halogens is 2. The van der Waals surface area contributed by atoms with E-state index in [0.717, 1.165) is 56.3 Å². The van der Waals surface area contributed by atoms with Gasteiger partial charge in [-0.25, -0.2) is 37.3 Å². The van der Waals surface area contributed by atoms with Crippen molar-refractivity contribution in [1.29, 1.82) is 0 Å². The number of ether oxygens (including phenoxy) is 3. The van der Waals surface area contributed by atoms with E-state index in [-0.39, 0.29) is 58.0 Å². The second kappa shape index (κ2) is 27.1. The first kappa shape index (κ1) is 58.6. The smallest absolute Gasteiger partial charge is 0.480 e. The molecule has 0 fully saturated rings. The van der Waals surface area contributed by atoms with E-state index in [1.54, 1.807) is 74.9 Å². The van der Waals surface area contributed by atoms with Crippen molar-refractivity contribution in [2.75, 3.05) is 41.9 Å². The summed E-state index contributed by atoms with van der Waals surface area (Å²) in [7, 11) is 3.39. The van der Waals surface area contributed by atoms with E-state index < -0.39 is 71.0 Å². The molecule has 0 bridgehead atoms. The Bertz CT molecular complexity index is 3740. The quantitative estimate of drug-likeness (QED) is 0.0178. The molecule has 0 aliphatic carbocycles. The zero-order valence-corrected chi connectivity index (χ0v) is 46.4. The number of carbonyl (C=O) groups is 5. The van der Waals surface area contributed by atoms with Crippen LogP contribution in [0.1, 0.15) is 39.6 Å². The molecule has 2 amide bonds. The maximum absolute atomic E-state index is 14.3. The predicted octanol–water partition coefficient (Wildman–Crippen LogP) is 8.29. The van der Waals surface area contributed by atoms with Crippen molar-refractivity contribution in [2.24, 2.45) is 0 Å². The van der Waals surface area contributed by atoms with E-state index in [2.05, 4.69) is 40.3 Å². The number of fused-ring (bicyclic) bond motifs is 2. The third-order valence-corrected chi connectivity index (χ3v) is 16.7. The van der Waals surface area contributed by atoms with Gasteiger partial charge in [0, 0.05) is 66.5 Å². The second-order valence-corrected chi connectivity index (χ2v) is 22.6. The molecule has 81 heavy (non-hydrogen) atoms. The topological polar surface area (TPSA) is 294 Å². The summed E-state index contributed by atoms with van der Waals surface area (Å²) in [6.07, 6.45) is 1.61.